The molecule has 0 radical (unpaired) electrons. The highest BCUT2D eigenvalue weighted by Gasteiger charge is 2.50. The third-order valence-corrected chi connectivity index (χ3v) is 10.1. The van der Waals surface area contributed by atoms with Crippen LogP contribution in [-0.2, 0) is 52.2 Å². The topological polar surface area (TPSA) is 181 Å². The summed E-state index contributed by atoms with van der Waals surface area (Å²) in [6.45, 7) is 10.4. The highest BCUT2D eigenvalue weighted by atomic mass is 16.7. The first-order valence-corrected chi connectivity index (χ1v) is 17.1. The number of fused-ring (bicyclic) bond motifs is 1. The monoisotopic (exact) mass is 700 g/mol. The number of hydrogen-bond acceptors (Lipinski definition) is 14. The summed E-state index contributed by atoms with van der Waals surface area (Å²) in [5.41, 5.74) is -1.75. The lowest BCUT2D eigenvalue weighted by molar-refractivity contribution is -0.305. The molecule has 0 aromatic heterocycles. The lowest BCUT2D eigenvalue weighted by Gasteiger charge is -2.42. The van der Waals surface area contributed by atoms with Crippen LogP contribution >= 0.6 is 0 Å². The smallest absolute Gasteiger partial charge is 0.330 e. The Morgan fingerprint density at radius 2 is 1.53 bits per heavy atom. The van der Waals surface area contributed by atoms with Crippen molar-refractivity contribution in [1.29, 1.82) is 0 Å². The maximum atomic E-state index is 13.3. The van der Waals surface area contributed by atoms with Crippen molar-refractivity contribution in [2.24, 2.45) is 17.8 Å². The fraction of sp³-hybridized carbons (Fsp3) is 0.829. The Labute approximate surface area is 288 Å². The highest BCUT2D eigenvalue weighted by Crippen LogP contribution is 2.37. The number of carbonyl (C=O) groups is 2. The van der Waals surface area contributed by atoms with E-state index >= 15 is 0 Å². The number of esters is 1. The second kappa shape index (κ2) is 17.1. The van der Waals surface area contributed by atoms with E-state index in [0.717, 1.165) is 0 Å². The van der Waals surface area contributed by atoms with Crippen LogP contribution in [0, 0.1) is 17.8 Å². The Morgan fingerprint density at radius 1 is 0.837 bits per heavy atom. The largest absolute Gasteiger partial charge is 0.459 e. The maximum absolute atomic E-state index is 13.3. The van der Waals surface area contributed by atoms with Gasteiger partial charge < -0.3 is 58.0 Å². The second-order valence-corrected chi connectivity index (χ2v) is 14.1. The van der Waals surface area contributed by atoms with Crippen LogP contribution in [0.2, 0.25) is 0 Å². The van der Waals surface area contributed by atoms with E-state index in [1.54, 1.807) is 26.0 Å². The number of epoxide rings is 1. The van der Waals surface area contributed by atoms with Gasteiger partial charge in [-0.1, -0.05) is 19.9 Å². The standard InChI is InChI=1S/C35H56O14/c1-17-10-13-26(37)46-20(4)22(16-44-34-32(43-9)31(42-8)27(38)21(5)47-34)30-23(48-30)11-12-25(36)35(6,40)15-18(2)29(17)49-33-28(39)24(41-7)14-19(3)45-33/h10-13,17-24,27-34,38-40H,14-16H2,1-9H3/b12-11-,13-10-/t17?,18?,19-,20?,21-,22?,23?,24+,27-,28-,29?,30?,31-,32-,33+,34-,35?/m1/s1. The summed E-state index contributed by atoms with van der Waals surface area (Å²) in [5.74, 6) is -2.45. The van der Waals surface area contributed by atoms with Crippen molar-refractivity contribution in [1.82, 2.24) is 0 Å². The highest BCUT2D eigenvalue weighted by molar-refractivity contribution is 5.96. The first-order valence-electron chi connectivity index (χ1n) is 17.1. The van der Waals surface area contributed by atoms with Crippen molar-refractivity contribution in [3.63, 3.8) is 0 Å². The molecule has 0 aromatic carbocycles. The summed E-state index contributed by atoms with van der Waals surface area (Å²) in [6.07, 6.45) is -2.67. The Bertz CT molecular complexity index is 1160. The van der Waals surface area contributed by atoms with Crippen LogP contribution in [0.4, 0.5) is 0 Å². The van der Waals surface area contributed by atoms with Gasteiger partial charge in [0.25, 0.3) is 0 Å². The summed E-state index contributed by atoms with van der Waals surface area (Å²) < 4.78 is 52.6. The predicted octanol–water partition coefficient (Wildman–Crippen LogP) is 1.46. The molecule has 0 aromatic rings. The number of aliphatic hydroxyl groups excluding tert-OH is 2. The van der Waals surface area contributed by atoms with Gasteiger partial charge in [0.05, 0.1) is 37.1 Å². The van der Waals surface area contributed by atoms with Gasteiger partial charge in [-0.05, 0) is 52.2 Å². The minimum Gasteiger partial charge on any atom is -0.459 e. The fourth-order valence-electron chi connectivity index (χ4n) is 7.12. The van der Waals surface area contributed by atoms with Gasteiger partial charge in [0, 0.05) is 45.7 Å². The first-order chi connectivity index (χ1) is 23.1. The summed E-state index contributed by atoms with van der Waals surface area (Å²) in [7, 11) is 4.46. The summed E-state index contributed by atoms with van der Waals surface area (Å²) in [5, 5.41) is 32.8. The number of cyclic esters (lactones) is 1. The van der Waals surface area contributed by atoms with Gasteiger partial charge in [-0.25, -0.2) is 4.79 Å². The molecule has 3 saturated heterocycles. The molecular formula is C35H56O14. The molecule has 0 aliphatic carbocycles. The Hall–Kier alpha value is -1.82. The molecule has 0 amide bonds. The zero-order chi connectivity index (χ0) is 36.2. The van der Waals surface area contributed by atoms with Crippen LogP contribution < -0.4 is 0 Å². The molecule has 0 bridgehead atoms. The van der Waals surface area contributed by atoms with Crippen molar-refractivity contribution < 1.29 is 67.5 Å². The minimum absolute atomic E-state index is 0.0234. The average molecular weight is 701 g/mol. The normalized spacial score (nSPS) is 48.3. The molecule has 4 aliphatic heterocycles. The molecule has 3 N–H and O–H groups in total. The number of aliphatic hydroxyl groups is 3. The molecule has 49 heavy (non-hydrogen) atoms. The number of carbonyl (C=O) groups excluding carboxylic acids is 2. The molecule has 0 saturated carbocycles. The van der Waals surface area contributed by atoms with Crippen LogP contribution in [0.1, 0.15) is 54.4 Å². The molecule has 280 valence electrons. The van der Waals surface area contributed by atoms with E-state index in [-0.39, 0.29) is 19.1 Å². The molecule has 17 atom stereocenters. The molecular weight excluding hydrogens is 644 g/mol. The fourth-order valence-corrected chi connectivity index (χ4v) is 7.12. The number of ketones is 1. The Balaban J connectivity index is 1.56. The van der Waals surface area contributed by atoms with E-state index in [1.807, 2.05) is 20.8 Å². The van der Waals surface area contributed by atoms with Gasteiger partial charge in [-0.2, -0.15) is 0 Å². The molecule has 14 nitrogen and oxygen atoms in total. The summed E-state index contributed by atoms with van der Waals surface area (Å²) in [4.78, 5) is 26.5. The molecule has 4 aliphatic rings. The van der Waals surface area contributed by atoms with Crippen molar-refractivity contribution >= 4 is 11.8 Å². The van der Waals surface area contributed by atoms with Crippen molar-refractivity contribution in [2.75, 3.05) is 27.9 Å². The van der Waals surface area contributed by atoms with Crippen molar-refractivity contribution in [2.45, 2.75) is 140 Å². The minimum atomic E-state index is -1.75. The summed E-state index contributed by atoms with van der Waals surface area (Å²) in [6, 6.07) is 0. The van der Waals surface area contributed by atoms with E-state index in [1.165, 1.54) is 40.4 Å². The molecule has 3 fully saturated rings. The van der Waals surface area contributed by atoms with Crippen LogP contribution in [0.5, 0.6) is 0 Å². The quantitative estimate of drug-likeness (QED) is 0.245. The van der Waals surface area contributed by atoms with E-state index in [0.29, 0.717) is 6.42 Å². The number of rotatable bonds is 8. The van der Waals surface area contributed by atoms with Gasteiger partial charge in [-0.15, -0.1) is 0 Å². The van der Waals surface area contributed by atoms with E-state index in [4.69, 9.17) is 42.6 Å². The van der Waals surface area contributed by atoms with E-state index in [2.05, 4.69) is 0 Å². The zero-order valence-electron chi connectivity index (χ0n) is 30.0. The van der Waals surface area contributed by atoms with Crippen LogP contribution in [0.15, 0.2) is 24.3 Å². The van der Waals surface area contributed by atoms with Gasteiger partial charge in [0.1, 0.15) is 42.2 Å². The summed E-state index contributed by atoms with van der Waals surface area (Å²) >= 11 is 0. The van der Waals surface area contributed by atoms with Crippen LogP contribution in [0.3, 0.4) is 0 Å². The molecule has 8 unspecified atom stereocenters. The lowest BCUT2D eigenvalue weighted by atomic mass is 9.82. The lowest BCUT2D eigenvalue weighted by Crippen LogP contribution is -2.59. The molecule has 14 heteroatoms. The Kier molecular flexibility index (Phi) is 14.0. The third kappa shape index (κ3) is 9.74. The van der Waals surface area contributed by atoms with Crippen molar-refractivity contribution in [3.05, 3.63) is 24.3 Å². The average Bonchev–Trinajstić information content (AvgIpc) is 3.82. The number of hydrogen-bond donors (Lipinski definition) is 3. The van der Waals surface area contributed by atoms with Crippen molar-refractivity contribution in [3.8, 4) is 0 Å². The van der Waals surface area contributed by atoms with Gasteiger partial charge in [-0.3, -0.25) is 4.79 Å². The molecule has 0 spiro atoms. The second-order valence-electron chi connectivity index (χ2n) is 14.1. The molecule has 4 heterocycles. The third-order valence-electron chi connectivity index (χ3n) is 10.1. The zero-order valence-corrected chi connectivity index (χ0v) is 30.0. The number of methoxy groups -OCH3 is 3. The molecule has 4 rings (SSSR count). The number of ether oxygens (including phenoxy) is 9. The predicted molar refractivity (Wildman–Crippen MR) is 173 cm³/mol. The van der Waals surface area contributed by atoms with Gasteiger partial charge >= 0.3 is 5.97 Å². The van der Waals surface area contributed by atoms with E-state index < -0.39 is 109 Å². The van der Waals surface area contributed by atoms with E-state index in [9.17, 15) is 24.9 Å². The first kappa shape index (κ1) is 40.0. The Morgan fingerprint density at radius 3 is 2.18 bits per heavy atom. The SMILES string of the molecule is CO[C@@H]1[C@H](O)[C@@H](C)O[C@@H](OCC2C(C)OC(=O)/C=C\C(C)C(O[C@@H]3O[C@H](C)C[C@H](OC)[C@H]3O)C(C)CC(C)(O)C(=O)/C=C\C3OC32)[C@@H]1OC. The van der Waals surface area contributed by atoms with Gasteiger partial charge in [0.15, 0.2) is 18.4 Å². The van der Waals surface area contributed by atoms with Crippen LogP contribution in [-0.4, -0.2) is 140 Å². The van der Waals surface area contributed by atoms with Crippen LogP contribution in [0.25, 0.3) is 0 Å². The maximum Gasteiger partial charge on any atom is 0.330 e. The van der Waals surface area contributed by atoms with Gasteiger partial charge in [0.2, 0.25) is 0 Å².